The van der Waals surface area contributed by atoms with Gasteiger partial charge in [0.2, 0.25) is 5.91 Å². The van der Waals surface area contributed by atoms with Crippen molar-refractivity contribution in [3.8, 4) is 0 Å². The van der Waals surface area contributed by atoms with Crippen LogP contribution >= 0.6 is 0 Å². The maximum absolute atomic E-state index is 13.2. The van der Waals surface area contributed by atoms with Crippen LogP contribution in [-0.4, -0.2) is 57.0 Å². The van der Waals surface area contributed by atoms with E-state index >= 15 is 0 Å². The van der Waals surface area contributed by atoms with Gasteiger partial charge < -0.3 is 9.64 Å². The van der Waals surface area contributed by atoms with Crippen LogP contribution in [0.25, 0.3) is 0 Å². The lowest BCUT2D eigenvalue weighted by atomic mass is 10.1. The van der Waals surface area contributed by atoms with E-state index < -0.39 is 9.84 Å². The van der Waals surface area contributed by atoms with E-state index in [-0.39, 0.29) is 35.7 Å². The van der Waals surface area contributed by atoms with Crippen LogP contribution in [0.3, 0.4) is 0 Å². The number of rotatable bonds is 7. The van der Waals surface area contributed by atoms with Crippen molar-refractivity contribution in [1.82, 2.24) is 4.90 Å². The Hall–Kier alpha value is -1.47. The van der Waals surface area contributed by atoms with Crippen LogP contribution in [0.1, 0.15) is 18.4 Å². The van der Waals surface area contributed by atoms with Gasteiger partial charge in [-0.2, -0.15) is 0 Å². The molecule has 1 heterocycles. The third kappa shape index (κ3) is 5.28. The number of benzene rings is 1. The Labute approximate surface area is 136 Å². The fourth-order valence-electron chi connectivity index (χ4n) is 2.83. The zero-order chi connectivity index (χ0) is 16.9. The summed E-state index contributed by atoms with van der Waals surface area (Å²) in [6.45, 7) is 0.950. The Balaban J connectivity index is 2.07. The van der Waals surface area contributed by atoms with Gasteiger partial charge >= 0.3 is 0 Å². The van der Waals surface area contributed by atoms with Gasteiger partial charge in [0.05, 0.1) is 17.9 Å². The largest absolute Gasteiger partial charge is 0.385 e. The minimum atomic E-state index is -3.07. The molecule has 0 aromatic heterocycles. The van der Waals surface area contributed by atoms with E-state index in [0.29, 0.717) is 31.6 Å². The molecule has 0 unspecified atom stereocenters. The van der Waals surface area contributed by atoms with Crippen LogP contribution in [0.4, 0.5) is 4.39 Å². The highest BCUT2D eigenvalue weighted by Gasteiger charge is 2.34. The fraction of sp³-hybridized carbons (Fsp3) is 0.562. The molecule has 1 atom stereocenters. The molecule has 0 N–H and O–H groups in total. The maximum Gasteiger partial charge on any atom is 0.227 e. The monoisotopic (exact) mass is 343 g/mol. The number of carbonyl (C=O) groups is 1. The van der Waals surface area contributed by atoms with Crippen LogP contribution < -0.4 is 0 Å². The van der Waals surface area contributed by atoms with E-state index in [1.165, 1.54) is 12.1 Å². The van der Waals surface area contributed by atoms with Gasteiger partial charge in [-0.15, -0.1) is 0 Å². The van der Waals surface area contributed by atoms with Gasteiger partial charge in [-0.1, -0.05) is 12.1 Å². The number of methoxy groups -OCH3 is 1. The van der Waals surface area contributed by atoms with E-state index in [1.54, 1.807) is 24.1 Å². The fourth-order valence-corrected chi connectivity index (χ4v) is 4.57. The van der Waals surface area contributed by atoms with Crippen molar-refractivity contribution < 1.29 is 22.3 Å². The summed E-state index contributed by atoms with van der Waals surface area (Å²) in [6.07, 6.45) is 1.17. The molecule has 0 bridgehead atoms. The average Bonchev–Trinajstić information content (AvgIpc) is 2.83. The highest BCUT2D eigenvalue weighted by atomic mass is 32.2. The molecular formula is C16H22FNO4S. The van der Waals surface area contributed by atoms with E-state index in [9.17, 15) is 17.6 Å². The van der Waals surface area contributed by atoms with Crippen molar-refractivity contribution >= 4 is 15.7 Å². The predicted molar refractivity (Wildman–Crippen MR) is 85.4 cm³/mol. The summed E-state index contributed by atoms with van der Waals surface area (Å²) in [4.78, 5) is 14.2. The Morgan fingerprint density at radius 1 is 1.43 bits per heavy atom. The molecule has 1 fully saturated rings. The summed E-state index contributed by atoms with van der Waals surface area (Å²) < 4.78 is 41.6. The number of halogens is 1. The van der Waals surface area contributed by atoms with E-state index in [1.807, 2.05) is 0 Å². The van der Waals surface area contributed by atoms with Gasteiger partial charge in [-0.25, -0.2) is 12.8 Å². The number of carbonyl (C=O) groups excluding carboxylic acids is 1. The van der Waals surface area contributed by atoms with Crippen molar-refractivity contribution in [2.45, 2.75) is 25.3 Å². The van der Waals surface area contributed by atoms with Crippen LogP contribution in [0.15, 0.2) is 24.3 Å². The van der Waals surface area contributed by atoms with Gasteiger partial charge in [0, 0.05) is 26.3 Å². The first kappa shape index (κ1) is 17.9. The highest BCUT2D eigenvalue weighted by molar-refractivity contribution is 7.91. The Bertz CT molecular complexity index is 647. The molecule has 1 saturated heterocycles. The molecular weight excluding hydrogens is 321 g/mol. The number of hydrogen-bond donors (Lipinski definition) is 0. The van der Waals surface area contributed by atoms with Crippen molar-refractivity contribution in [3.05, 3.63) is 35.6 Å². The maximum atomic E-state index is 13.2. The van der Waals surface area contributed by atoms with Crippen LogP contribution in [-0.2, 0) is 25.8 Å². The average molecular weight is 343 g/mol. The molecule has 23 heavy (non-hydrogen) atoms. The molecule has 1 aliphatic heterocycles. The van der Waals surface area contributed by atoms with Crippen molar-refractivity contribution in [2.24, 2.45) is 0 Å². The summed E-state index contributed by atoms with van der Waals surface area (Å²) in [6, 6.07) is 5.62. The Morgan fingerprint density at radius 2 is 2.22 bits per heavy atom. The lowest BCUT2D eigenvalue weighted by Crippen LogP contribution is -2.42. The molecule has 0 saturated carbocycles. The number of sulfone groups is 1. The third-order valence-electron chi connectivity index (χ3n) is 3.96. The smallest absolute Gasteiger partial charge is 0.227 e. The standard InChI is InChI=1S/C16H22FNO4S/c1-22-8-3-7-18(15-6-9-23(20,21)12-15)16(19)11-13-4-2-5-14(17)10-13/h2,4-5,10,15H,3,6-9,11-12H2,1H3/t15-/m1/s1. The first-order chi connectivity index (χ1) is 10.9. The van der Waals surface area contributed by atoms with Crippen LogP contribution in [0.2, 0.25) is 0 Å². The van der Waals surface area contributed by atoms with Crippen molar-refractivity contribution in [1.29, 1.82) is 0 Å². The van der Waals surface area contributed by atoms with E-state index in [4.69, 9.17) is 4.74 Å². The van der Waals surface area contributed by atoms with Crippen LogP contribution in [0.5, 0.6) is 0 Å². The quantitative estimate of drug-likeness (QED) is 0.703. The summed E-state index contributed by atoms with van der Waals surface area (Å²) in [5.41, 5.74) is 0.590. The predicted octanol–water partition coefficient (Wildman–Crippen LogP) is 1.42. The van der Waals surface area contributed by atoms with Gasteiger partial charge in [0.25, 0.3) is 0 Å². The number of amides is 1. The molecule has 1 aliphatic rings. The zero-order valence-corrected chi connectivity index (χ0v) is 14.0. The number of hydrogen-bond acceptors (Lipinski definition) is 4. The Morgan fingerprint density at radius 3 is 2.83 bits per heavy atom. The van der Waals surface area contributed by atoms with Gasteiger partial charge in [0.1, 0.15) is 5.82 Å². The van der Waals surface area contributed by atoms with Crippen LogP contribution in [0, 0.1) is 5.82 Å². The summed E-state index contributed by atoms with van der Waals surface area (Å²) in [5.74, 6) is -0.431. The molecule has 0 aliphatic carbocycles. The minimum absolute atomic E-state index is 0.00880. The molecule has 1 amide bonds. The number of ether oxygens (including phenoxy) is 1. The SMILES string of the molecule is COCCCN(C(=O)Cc1cccc(F)c1)[C@@H]1CCS(=O)(=O)C1. The summed E-state index contributed by atoms with van der Waals surface area (Å²) in [7, 11) is -1.49. The molecule has 7 heteroatoms. The minimum Gasteiger partial charge on any atom is -0.385 e. The second kappa shape index (κ2) is 7.88. The summed E-state index contributed by atoms with van der Waals surface area (Å²) >= 11 is 0. The molecule has 1 aromatic rings. The second-order valence-corrected chi connectivity index (χ2v) is 8.03. The third-order valence-corrected chi connectivity index (χ3v) is 5.71. The molecule has 0 radical (unpaired) electrons. The topological polar surface area (TPSA) is 63.7 Å². The molecule has 2 rings (SSSR count). The molecule has 1 aromatic carbocycles. The molecule has 128 valence electrons. The molecule has 0 spiro atoms. The van der Waals surface area contributed by atoms with E-state index in [0.717, 1.165) is 0 Å². The van der Waals surface area contributed by atoms with Crippen molar-refractivity contribution in [3.63, 3.8) is 0 Å². The Kier molecular flexibility index (Phi) is 6.12. The van der Waals surface area contributed by atoms with E-state index in [2.05, 4.69) is 0 Å². The lowest BCUT2D eigenvalue weighted by Gasteiger charge is -2.28. The van der Waals surface area contributed by atoms with Crippen molar-refractivity contribution in [2.75, 3.05) is 31.8 Å². The number of nitrogens with zero attached hydrogens (tertiary/aromatic N) is 1. The summed E-state index contributed by atoms with van der Waals surface area (Å²) in [5, 5.41) is 0. The zero-order valence-electron chi connectivity index (χ0n) is 13.2. The first-order valence-corrected chi connectivity index (χ1v) is 9.47. The van der Waals surface area contributed by atoms with Gasteiger partial charge in [-0.05, 0) is 30.5 Å². The highest BCUT2D eigenvalue weighted by Crippen LogP contribution is 2.19. The molecule has 5 nitrogen and oxygen atoms in total. The lowest BCUT2D eigenvalue weighted by molar-refractivity contribution is -0.132. The van der Waals surface area contributed by atoms with Gasteiger partial charge in [0.15, 0.2) is 9.84 Å². The van der Waals surface area contributed by atoms with Gasteiger partial charge in [-0.3, -0.25) is 4.79 Å². The normalized spacial score (nSPS) is 19.7. The first-order valence-electron chi connectivity index (χ1n) is 7.64. The second-order valence-electron chi connectivity index (χ2n) is 5.80.